The largest absolute Gasteiger partial charge is 0.504 e. The highest BCUT2D eigenvalue weighted by atomic mass is 33.1. The Morgan fingerprint density at radius 1 is 0.812 bits per heavy atom. The van der Waals surface area contributed by atoms with Crippen molar-refractivity contribution in [2.45, 2.75) is 126 Å². The molecule has 2 fully saturated rings. The van der Waals surface area contributed by atoms with Crippen LogP contribution in [-0.4, -0.2) is 136 Å². The average Bonchev–Trinajstić information content (AvgIpc) is 3.40. The van der Waals surface area contributed by atoms with Gasteiger partial charge in [-0.15, -0.1) is 0 Å². The first kappa shape index (κ1) is 54.8. The first-order valence-electron chi connectivity index (χ1n) is 25.1. The summed E-state index contributed by atoms with van der Waals surface area (Å²) in [6, 6.07) is 7.05. The Bertz CT molecular complexity index is 1980. The minimum Gasteiger partial charge on any atom is -0.504 e. The van der Waals surface area contributed by atoms with Gasteiger partial charge in [0.2, 0.25) is 5.75 Å². The molecular weight excluding hydrogens is 959 g/mol. The standard InChI is InChI=1S/C52H77NO12S4/c1-31-16-36-28-67-66-27-32-10-13-52(24-31,42(36)9-6-37(57)11-14-54)43-21-39(8-5-35(43)26-53-25-32)65-47-20-34-4-7-38(64-30-56)22-44(58)41(17-33-18-48(62-2)51(61)49(19-33)63-3)46(60)29-68-69-50(12-15-55)40(34)23-45(47)59/h18-20,23,31-32,35-39,41-44,46,50,53-61H,4-9,11-12,14-17,21-22,24-30H2,1-3H3/t31-,32+,35-,36+,37+,38+,39+,41+,42-,43+,44-,46-,50+,52-/m1/s1. The van der Waals surface area contributed by atoms with Crippen molar-refractivity contribution in [3.05, 3.63) is 41.0 Å². The lowest BCUT2D eigenvalue weighted by molar-refractivity contribution is -0.0808. The van der Waals surface area contributed by atoms with Gasteiger partial charge in [0.1, 0.15) is 6.79 Å². The minimum absolute atomic E-state index is 0.0272. The van der Waals surface area contributed by atoms with Crippen LogP contribution in [0.15, 0.2) is 24.3 Å². The highest BCUT2D eigenvalue weighted by Gasteiger charge is 2.55. The van der Waals surface area contributed by atoms with Crippen LogP contribution >= 0.6 is 43.2 Å². The van der Waals surface area contributed by atoms with E-state index < -0.39 is 37.1 Å². The number of aliphatic hydroxyl groups is 6. The van der Waals surface area contributed by atoms with E-state index in [-0.39, 0.29) is 83.4 Å². The van der Waals surface area contributed by atoms with Gasteiger partial charge in [-0.1, -0.05) is 61.9 Å². The molecule has 2 aliphatic carbocycles. The summed E-state index contributed by atoms with van der Waals surface area (Å²) in [5, 5.41) is 90.7. The van der Waals surface area contributed by atoms with Crippen molar-refractivity contribution in [3.8, 4) is 40.6 Å². The van der Waals surface area contributed by atoms with Gasteiger partial charge in [-0.3, -0.25) is 0 Å². The monoisotopic (exact) mass is 1040 g/mol. The van der Waals surface area contributed by atoms with Crippen LogP contribution in [-0.2, 0) is 17.6 Å². The molecule has 3 aliphatic heterocycles. The smallest absolute Gasteiger partial charge is 0.200 e. The molecule has 2 aromatic carbocycles. The lowest BCUT2D eigenvalue weighted by Crippen LogP contribution is -2.52. The molecule has 7 rings (SSSR count). The molecule has 0 unspecified atom stereocenters. The molecule has 3 bridgehead atoms. The molecule has 5 aliphatic rings. The Labute approximate surface area is 425 Å². The Balaban J connectivity index is 1.17. The summed E-state index contributed by atoms with van der Waals surface area (Å²) in [5.74, 6) is 12.4. The van der Waals surface area contributed by atoms with Crippen molar-refractivity contribution in [1.29, 1.82) is 0 Å². The van der Waals surface area contributed by atoms with Crippen LogP contribution in [0.4, 0.5) is 0 Å². The molecule has 0 radical (unpaired) electrons. The van der Waals surface area contributed by atoms with Crippen molar-refractivity contribution < 1.29 is 59.8 Å². The van der Waals surface area contributed by atoms with E-state index >= 15 is 0 Å². The van der Waals surface area contributed by atoms with E-state index in [0.29, 0.717) is 67.1 Å². The number of hydrogen-bond acceptors (Lipinski definition) is 17. The molecule has 1 spiro atoms. The van der Waals surface area contributed by atoms with Crippen molar-refractivity contribution in [1.82, 2.24) is 5.32 Å². The molecule has 0 saturated heterocycles. The Morgan fingerprint density at radius 2 is 1.59 bits per heavy atom. The first-order chi connectivity index (χ1) is 33.4. The van der Waals surface area contributed by atoms with Crippen LogP contribution in [0.3, 0.4) is 0 Å². The SMILES string of the molecule is COc1cc(C[C@@H]2[C@H](O)CSS[C@@H](CCO)c3cc(O)c(O[C@H]4CC[C@@H]5CNC[C@@H]6C#C[C@]7(C[C@H](C)C[C@@H](CSSC6)[C@H]7CC[C@H](O)CCO)[C@H]5C4)cc3CC[C@H](OCO)C[C@H]2O)cc(OC)c1O. The van der Waals surface area contributed by atoms with Crippen molar-refractivity contribution in [2.75, 3.05) is 64.6 Å². The Morgan fingerprint density at radius 3 is 2.33 bits per heavy atom. The van der Waals surface area contributed by atoms with Gasteiger partial charge in [-0.2, -0.15) is 0 Å². The number of nitrogens with one attached hydrogen (secondary N) is 1. The van der Waals surface area contributed by atoms with Gasteiger partial charge in [0.25, 0.3) is 0 Å². The van der Waals surface area contributed by atoms with E-state index in [1.807, 2.05) is 27.7 Å². The molecular formula is C52H77NO12S4. The predicted molar refractivity (Wildman–Crippen MR) is 277 cm³/mol. The zero-order valence-electron chi connectivity index (χ0n) is 40.5. The van der Waals surface area contributed by atoms with Crippen LogP contribution < -0.4 is 19.5 Å². The van der Waals surface area contributed by atoms with E-state index in [1.54, 1.807) is 18.2 Å². The molecule has 3 heterocycles. The number of aliphatic hydroxyl groups excluding tert-OH is 6. The number of benzene rings is 2. The number of phenols is 2. The number of ether oxygens (including phenoxy) is 4. The van der Waals surface area contributed by atoms with E-state index in [0.717, 1.165) is 74.2 Å². The van der Waals surface area contributed by atoms with Gasteiger partial charge in [-0.05, 0) is 161 Å². The first-order valence-corrected chi connectivity index (χ1v) is 30.0. The van der Waals surface area contributed by atoms with Gasteiger partial charge in [-0.25, -0.2) is 0 Å². The molecule has 9 N–H and O–H groups in total. The third-order valence-electron chi connectivity index (χ3n) is 15.7. The fourth-order valence-electron chi connectivity index (χ4n) is 12.3. The van der Waals surface area contributed by atoms with Gasteiger partial charge >= 0.3 is 0 Å². The minimum atomic E-state index is -1.03. The topological polar surface area (TPSA) is 211 Å². The van der Waals surface area contributed by atoms with Crippen LogP contribution in [0, 0.1) is 58.7 Å². The lowest BCUT2D eigenvalue weighted by Gasteiger charge is -2.55. The molecule has 386 valence electrons. The third-order valence-corrected chi connectivity index (χ3v) is 21.1. The molecule has 0 amide bonds. The predicted octanol–water partition coefficient (Wildman–Crippen LogP) is 7.13. The van der Waals surface area contributed by atoms with Gasteiger partial charge in [0.05, 0.1) is 44.7 Å². The van der Waals surface area contributed by atoms with Crippen LogP contribution in [0.25, 0.3) is 0 Å². The van der Waals surface area contributed by atoms with Crippen LogP contribution in [0.2, 0.25) is 0 Å². The maximum Gasteiger partial charge on any atom is 0.200 e. The second kappa shape index (κ2) is 26.3. The zero-order valence-corrected chi connectivity index (χ0v) is 43.8. The van der Waals surface area contributed by atoms with E-state index in [9.17, 15) is 40.9 Å². The maximum absolute atomic E-state index is 11.9. The quantitative estimate of drug-likeness (QED) is 0.0494. The van der Waals surface area contributed by atoms with E-state index in [1.165, 1.54) is 35.8 Å². The summed E-state index contributed by atoms with van der Waals surface area (Å²) in [6.45, 7) is 3.49. The zero-order chi connectivity index (χ0) is 49.1. The van der Waals surface area contributed by atoms with Gasteiger partial charge in [0.15, 0.2) is 23.0 Å². The number of hydrogen-bond donors (Lipinski definition) is 9. The van der Waals surface area contributed by atoms with Gasteiger partial charge in [0, 0.05) is 59.5 Å². The second-order valence-electron chi connectivity index (χ2n) is 20.3. The maximum atomic E-state index is 11.9. The third kappa shape index (κ3) is 13.8. The second-order valence-corrected chi connectivity index (χ2v) is 25.4. The molecule has 69 heavy (non-hydrogen) atoms. The molecule has 2 aromatic rings. The van der Waals surface area contributed by atoms with Crippen LogP contribution in [0.5, 0.6) is 28.7 Å². The fourth-order valence-corrected chi connectivity index (χ4v) is 17.9. The fraction of sp³-hybridized carbons (Fsp3) is 0.731. The van der Waals surface area contributed by atoms with E-state index in [2.05, 4.69) is 24.1 Å². The highest BCUT2D eigenvalue weighted by Crippen LogP contribution is 2.59. The number of methoxy groups -OCH3 is 2. The summed E-state index contributed by atoms with van der Waals surface area (Å²) >= 11 is 0. The molecule has 2 saturated carbocycles. The van der Waals surface area contributed by atoms with E-state index in [4.69, 9.17) is 18.9 Å². The average molecular weight is 1040 g/mol. The number of fused-ring (bicyclic) bond motifs is 4. The van der Waals surface area contributed by atoms with Crippen LogP contribution in [0.1, 0.15) is 99.5 Å². The lowest BCUT2D eigenvalue weighted by atomic mass is 9.49. The Hall–Kier alpha value is -1.92. The number of aromatic hydroxyl groups is 2. The number of phenolic OH excluding ortho intramolecular Hbond substituents is 2. The highest BCUT2D eigenvalue weighted by molar-refractivity contribution is 8.77. The van der Waals surface area contributed by atoms with Crippen molar-refractivity contribution in [2.24, 2.45) is 46.8 Å². The summed E-state index contributed by atoms with van der Waals surface area (Å²) in [5.41, 5.74) is 2.19. The normalized spacial score (nSPS) is 33.8. The summed E-state index contributed by atoms with van der Waals surface area (Å²) in [4.78, 5) is 0. The van der Waals surface area contributed by atoms with Gasteiger partial charge < -0.3 is 65.1 Å². The molecule has 14 atom stereocenters. The summed E-state index contributed by atoms with van der Waals surface area (Å²) in [6.07, 6.45) is 4.93. The van der Waals surface area contributed by atoms with Crippen molar-refractivity contribution in [3.63, 3.8) is 0 Å². The Kier molecular flexibility index (Phi) is 20.9. The van der Waals surface area contributed by atoms with Crippen molar-refractivity contribution >= 4 is 43.2 Å². The number of rotatable bonds is 15. The molecule has 0 aromatic heterocycles. The molecule has 13 nitrogen and oxygen atoms in total. The summed E-state index contributed by atoms with van der Waals surface area (Å²) in [7, 11) is 9.78. The number of aryl methyl sites for hydroxylation is 1. The summed E-state index contributed by atoms with van der Waals surface area (Å²) < 4.78 is 23.7. The molecule has 17 heteroatoms.